The lowest BCUT2D eigenvalue weighted by atomic mass is 9.77. The Labute approximate surface area is 260 Å². The second-order valence-electron chi connectivity index (χ2n) is 11.5. The number of aliphatic hydroxyl groups is 1. The second-order valence-corrected chi connectivity index (χ2v) is 11.5. The maximum absolute atomic E-state index is 10.6. The predicted molar refractivity (Wildman–Crippen MR) is 165 cm³/mol. The van der Waals surface area contributed by atoms with E-state index >= 15 is 0 Å². The highest BCUT2D eigenvalue weighted by molar-refractivity contribution is 5.84. The summed E-state index contributed by atoms with van der Waals surface area (Å²) < 4.78 is 31.2. The van der Waals surface area contributed by atoms with Crippen LogP contribution in [-0.2, 0) is 24.5 Å². The molecular weight excluding hydrogens is 574 g/mol. The smallest absolute Gasteiger partial charge is 0.272 e. The number of hydrogen-bond donors (Lipinski definition) is 2. The molecule has 7 rings (SSSR count). The van der Waals surface area contributed by atoms with Gasteiger partial charge in [-0.25, -0.2) is 15.0 Å². The summed E-state index contributed by atoms with van der Waals surface area (Å²) in [5.74, 6) is 1.28. The van der Waals surface area contributed by atoms with E-state index in [1.54, 1.807) is 24.9 Å². The van der Waals surface area contributed by atoms with Crippen molar-refractivity contribution >= 4 is 17.0 Å². The fourth-order valence-electron chi connectivity index (χ4n) is 6.55. The standard InChI is InChI=1S/C34H35N5O6/c1-21(40)27-28-33(2,45-32(42-4)44-28)31(43-27)39-20-37-26-29(35-19-36-30(26)39)38-34(22-11-7-5-8-12-22,23-13-9-6-10-14-23)24-15-17-25(41-3)18-16-24/h5-21,27-28,31-32,40H,1-4H3,(H,35,36,38)/t21-,27-,28-,31-,32?,33-/m1/s1. The first-order valence-electron chi connectivity index (χ1n) is 14.8. The van der Waals surface area contributed by atoms with Crippen LogP contribution < -0.4 is 10.1 Å². The highest BCUT2D eigenvalue weighted by Gasteiger charge is 2.63. The fourth-order valence-corrected chi connectivity index (χ4v) is 6.55. The lowest BCUT2D eigenvalue weighted by Crippen LogP contribution is -2.43. The lowest BCUT2D eigenvalue weighted by Gasteiger charge is -2.37. The summed E-state index contributed by atoms with van der Waals surface area (Å²) in [7, 11) is 3.16. The van der Waals surface area contributed by atoms with Gasteiger partial charge in [-0.3, -0.25) is 4.57 Å². The normalized spacial score (nSPS) is 25.3. The molecule has 5 aromatic rings. The quantitative estimate of drug-likeness (QED) is 0.229. The molecule has 45 heavy (non-hydrogen) atoms. The lowest BCUT2D eigenvalue weighted by molar-refractivity contribution is -0.271. The fraction of sp³-hybridized carbons (Fsp3) is 0.324. The van der Waals surface area contributed by atoms with Crippen molar-refractivity contribution in [3.05, 3.63) is 114 Å². The number of anilines is 1. The van der Waals surface area contributed by atoms with Crippen molar-refractivity contribution in [1.29, 1.82) is 0 Å². The Morgan fingerprint density at radius 3 is 2.13 bits per heavy atom. The monoisotopic (exact) mass is 609 g/mol. The molecule has 6 atom stereocenters. The van der Waals surface area contributed by atoms with E-state index in [2.05, 4.69) is 46.7 Å². The molecule has 4 heterocycles. The van der Waals surface area contributed by atoms with Crippen LogP contribution in [-0.4, -0.2) is 69.2 Å². The zero-order valence-electron chi connectivity index (χ0n) is 25.4. The van der Waals surface area contributed by atoms with Gasteiger partial charge >= 0.3 is 0 Å². The average molecular weight is 610 g/mol. The summed E-state index contributed by atoms with van der Waals surface area (Å²) in [6.45, 7) is 2.66. The van der Waals surface area contributed by atoms with E-state index in [1.807, 2.05) is 55.5 Å². The molecule has 0 spiro atoms. The van der Waals surface area contributed by atoms with Gasteiger partial charge in [0.2, 0.25) is 0 Å². The van der Waals surface area contributed by atoms with Crippen LogP contribution in [0.25, 0.3) is 11.2 Å². The number of imidazole rings is 1. The van der Waals surface area contributed by atoms with Gasteiger partial charge in [-0.2, -0.15) is 0 Å². The summed E-state index contributed by atoms with van der Waals surface area (Å²) in [4.78, 5) is 14.1. The number of benzene rings is 3. The van der Waals surface area contributed by atoms with Gasteiger partial charge in [0.25, 0.3) is 6.48 Å². The minimum Gasteiger partial charge on any atom is -0.497 e. The topological polar surface area (TPSA) is 122 Å². The minimum absolute atomic E-state index is 0.521. The van der Waals surface area contributed by atoms with E-state index in [0.717, 1.165) is 22.4 Å². The zero-order chi connectivity index (χ0) is 31.2. The highest BCUT2D eigenvalue weighted by atomic mass is 16.9. The summed E-state index contributed by atoms with van der Waals surface area (Å²) in [6, 6.07) is 28.4. The molecule has 2 aliphatic rings. The Bertz CT molecular complexity index is 1730. The van der Waals surface area contributed by atoms with Crippen LogP contribution in [0.4, 0.5) is 5.82 Å². The van der Waals surface area contributed by atoms with E-state index in [4.69, 9.17) is 33.7 Å². The average Bonchev–Trinajstić information content (AvgIpc) is 3.74. The molecule has 1 unspecified atom stereocenters. The molecule has 0 saturated carbocycles. The van der Waals surface area contributed by atoms with Crippen LogP contribution in [0.2, 0.25) is 0 Å². The minimum atomic E-state index is -0.991. The molecule has 2 N–H and O–H groups in total. The van der Waals surface area contributed by atoms with E-state index in [1.165, 1.54) is 13.4 Å². The van der Waals surface area contributed by atoms with Crippen molar-refractivity contribution in [3.63, 3.8) is 0 Å². The zero-order valence-corrected chi connectivity index (χ0v) is 25.4. The molecule has 11 nitrogen and oxygen atoms in total. The number of nitrogens with zero attached hydrogens (tertiary/aromatic N) is 4. The highest BCUT2D eigenvalue weighted by Crippen LogP contribution is 2.50. The van der Waals surface area contributed by atoms with Gasteiger partial charge in [0, 0.05) is 7.11 Å². The van der Waals surface area contributed by atoms with Crippen LogP contribution >= 0.6 is 0 Å². The Morgan fingerprint density at radius 1 is 0.889 bits per heavy atom. The molecule has 3 aromatic carbocycles. The number of aromatic nitrogens is 4. The van der Waals surface area contributed by atoms with Crippen molar-refractivity contribution in [2.24, 2.45) is 0 Å². The van der Waals surface area contributed by atoms with Gasteiger partial charge in [0.15, 0.2) is 23.2 Å². The van der Waals surface area contributed by atoms with E-state index in [9.17, 15) is 5.11 Å². The first-order valence-corrected chi connectivity index (χ1v) is 14.8. The molecule has 0 aliphatic carbocycles. The Kier molecular flexibility index (Phi) is 7.50. The van der Waals surface area contributed by atoms with Crippen molar-refractivity contribution in [1.82, 2.24) is 19.5 Å². The van der Waals surface area contributed by atoms with Crippen molar-refractivity contribution in [3.8, 4) is 5.75 Å². The van der Waals surface area contributed by atoms with E-state index < -0.39 is 42.2 Å². The SMILES string of the molecule is COc1ccc(C(Nc2ncnc3c2ncn3[C@@H]2O[C@H]([C@@H](C)O)[C@H]3OC(OC)O[C@]32C)(c2ccccc2)c2ccccc2)cc1. The van der Waals surface area contributed by atoms with E-state index in [0.29, 0.717) is 17.0 Å². The molecule has 2 aliphatic heterocycles. The molecule has 0 amide bonds. The Morgan fingerprint density at radius 2 is 1.53 bits per heavy atom. The summed E-state index contributed by atoms with van der Waals surface area (Å²) in [5, 5.41) is 14.4. The van der Waals surface area contributed by atoms with Gasteiger partial charge in [0.05, 0.1) is 19.5 Å². The number of fused-ring (bicyclic) bond motifs is 2. The third kappa shape index (κ3) is 4.75. The Hall–Kier alpha value is -4.39. The molecule has 2 aromatic heterocycles. The largest absolute Gasteiger partial charge is 0.497 e. The third-order valence-electron chi connectivity index (χ3n) is 8.77. The van der Waals surface area contributed by atoms with Gasteiger partial charge in [-0.15, -0.1) is 0 Å². The molecule has 0 bridgehead atoms. The van der Waals surface area contributed by atoms with Crippen LogP contribution in [0.5, 0.6) is 5.75 Å². The van der Waals surface area contributed by atoms with Gasteiger partial charge < -0.3 is 34.1 Å². The second kappa shape index (κ2) is 11.5. The summed E-state index contributed by atoms with van der Waals surface area (Å²) in [6.07, 6.45) is 0.388. The van der Waals surface area contributed by atoms with Crippen LogP contribution in [0.3, 0.4) is 0 Å². The third-order valence-corrected chi connectivity index (χ3v) is 8.77. The van der Waals surface area contributed by atoms with E-state index in [-0.39, 0.29) is 0 Å². The maximum Gasteiger partial charge on any atom is 0.272 e. The van der Waals surface area contributed by atoms with Gasteiger partial charge in [0.1, 0.15) is 35.4 Å². The van der Waals surface area contributed by atoms with Crippen molar-refractivity contribution < 1.29 is 28.8 Å². The summed E-state index contributed by atoms with van der Waals surface area (Å²) in [5.41, 5.74) is 2.18. The number of nitrogens with one attached hydrogen (secondary N) is 1. The van der Waals surface area contributed by atoms with Crippen LogP contribution in [0.15, 0.2) is 97.6 Å². The molecule has 2 saturated heterocycles. The summed E-state index contributed by atoms with van der Waals surface area (Å²) >= 11 is 0. The molecule has 11 heteroatoms. The Balaban J connectivity index is 1.37. The number of aliphatic hydroxyl groups excluding tert-OH is 1. The van der Waals surface area contributed by atoms with Crippen LogP contribution in [0.1, 0.15) is 36.8 Å². The first-order chi connectivity index (χ1) is 21.9. The molecule has 232 valence electrons. The molecule has 2 fully saturated rings. The number of rotatable bonds is 9. The number of ether oxygens (including phenoxy) is 5. The molecular formula is C34H35N5O6. The number of methoxy groups -OCH3 is 2. The molecule has 0 radical (unpaired) electrons. The predicted octanol–water partition coefficient (Wildman–Crippen LogP) is 4.62. The first kappa shape index (κ1) is 29.3. The van der Waals surface area contributed by atoms with Gasteiger partial charge in [-0.05, 0) is 42.7 Å². The maximum atomic E-state index is 10.6. The van der Waals surface area contributed by atoms with Gasteiger partial charge in [-0.1, -0.05) is 72.8 Å². The van der Waals surface area contributed by atoms with Crippen molar-refractivity contribution in [2.45, 2.75) is 56.0 Å². The van der Waals surface area contributed by atoms with Crippen molar-refractivity contribution in [2.75, 3.05) is 19.5 Å². The van der Waals surface area contributed by atoms with Crippen LogP contribution in [0, 0.1) is 0 Å². The number of hydrogen-bond acceptors (Lipinski definition) is 10.